The summed E-state index contributed by atoms with van der Waals surface area (Å²) >= 11 is 1.51. The van der Waals surface area contributed by atoms with Crippen LogP contribution in [-0.4, -0.2) is 34.9 Å². The van der Waals surface area contributed by atoms with E-state index in [0.717, 1.165) is 0 Å². The molecule has 1 aliphatic rings. The van der Waals surface area contributed by atoms with Crippen LogP contribution in [-0.2, 0) is 9.59 Å². The number of hydrogen-bond acceptors (Lipinski definition) is 5. The molecule has 0 bridgehead atoms. The first-order valence-electron chi connectivity index (χ1n) is 7.57. The van der Waals surface area contributed by atoms with Crippen molar-refractivity contribution in [1.82, 2.24) is 4.90 Å². The Kier molecular flexibility index (Phi) is 5.21. The van der Waals surface area contributed by atoms with E-state index in [4.69, 9.17) is 10.00 Å². The highest BCUT2D eigenvalue weighted by molar-refractivity contribution is 8.00. The highest BCUT2D eigenvalue weighted by Gasteiger charge is 2.22. The summed E-state index contributed by atoms with van der Waals surface area (Å²) < 4.78 is 5.68. The van der Waals surface area contributed by atoms with Crippen molar-refractivity contribution in [2.75, 3.05) is 23.5 Å². The minimum atomic E-state index is -0.225. The molecule has 2 amide bonds. The van der Waals surface area contributed by atoms with E-state index < -0.39 is 0 Å². The van der Waals surface area contributed by atoms with Gasteiger partial charge in [-0.3, -0.25) is 9.59 Å². The van der Waals surface area contributed by atoms with Gasteiger partial charge in [-0.25, -0.2) is 0 Å². The maximum atomic E-state index is 12.0. The molecular weight excluding hydrogens is 338 g/mol. The van der Waals surface area contributed by atoms with Crippen LogP contribution < -0.4 is 10.1 Å². The molecule has 0 aliphatic carbocycles. The van der Waals surface area contributed by atoms with Crippen molar-refractivity contribution in [1.29, 1.82) is 5.26 Å². The van der Waals surface area contributed by atoms with E-state index in [0.29, 0.717) is 34.4 Å². The summed E-state index contributed by atoms with van der Waals surface area (Å²) in [5.41, 5.74) is 1.21. The van der Waals surface area contributed by atoms with Gasteiger partial charge in [0, 0.05) is 5.69 Å². The molecular formula is C18H15N3O3S. The maximum Gasteiger partial charge on any atom is 0.244 e. The molecule has 0 radical (unpaired) electrons. The molecule has 2 aromatic carbocycles. The Labute approximate surface area is 149 Å². The van der Waals surface area contributed by atoms with Crippen LogP contribution in [0.1, 0.15) is 5.56 Å². The van der Waals surface area contributed by atoms with Gasteiger partial charge in [-0.05, 0) is 48.5 Å². The van der Waals surface area contributed by atoms with E-state index >= 15 is 0 Å². The van der Waals surface area contributed by atoms with Crippen LogP contribution in [0.3, 0.4) is 0 Å². The van der Waals surface area contributed by atoms with Crippen LogP contribution in [0.4, 0.5) is 5.69 Å². The van der Waals surface area contributed by atoms with E-state index in [9.17, 15) is 9.59 Å². The van der Waals surface area contributed by atoms with Gasteiger partial charge in [0.2, 0.25) is 11.8 Å². The molecule has 6 nitrogen and oxygen atoms in total. The van der Waals surface area contributed by atoms with Gasteiger partial charge in [0.1, 0.15) is 18.0 Å². The van der Waals surface area contributed by atoms with Gasteiger partial charge in [0.25, 0.3) is 0 Å². The standard InChI is InChI=1S/C18H15N3O3S/c19-9-13-1-5-15(6-2-13)24-16-7-3-14(4-8-16)20-17(22)10-21-12-25-11-18(21)23/h1-8H,10-12H2,(H,20,22). The molecule has 1 aliphatic heterocycles. The molecule has 0 atom stereocenters. The Morgan fingerprint density at radius 1 is 1.16 bits per heavy atom. The third-order valence-electron chi connectivity index (χ3n) is 3.52. The van der Waals surface area contributed by atoms with Crippen molar-refractivity contribution >= 4 is 29.3 Å². The minimum absolute atomic E-state index is 0.00804. The largest absolute Gasteiger partial charge is 0.457 e. The zero-order valence-corrected chi connectivity index (χ0v) is 14.1. The predicted molar refractivity (Wildman–Crippen MR) is 95.3 cm³/mol. The predicted octanol–water partition coefficient (Wildman–Crippen LogP) is 2.82. The number of carbonyl (C=O) groups is 2. The number of nitriles is 1. The van der Waals surface area contributed by atoms with Gasteiger partial charge >= 0.3 is 0 Å². The lowest BCUT2D eigenvalue weighted by molar-refractivity contribution is -0.130. The average molecular weight is 353 g/mol. The molecule has 1 saturated heterocycles. The van der Waals surface area contributed by atoms with Crippen LogP contribution >= 0.6 is 11.8 Å². The van der Waals surface area contributed by atoms with E-state index in [1.54, 1.807) is 48.5 Å². The van der Waals surface area contributed by atoms with E-state index in [1.807, 2.05) is 0 Å². The molecule has 7 heteroatoms. The van der Waals surface area contributed by atoms with Crippen molar-refractivity contribution in [3.8, 4) is 17.6 Å². The fourth-order valence-corrected chi connectivity index (χ4v) is 3.16. The first kappa shape index (κ1) is 16.9. The third kappa shape index (κ3) is 4.52. The van der Waals surface area contributed by atoms with Gasteiger partial charge < -0.3 is 15.0 Å². The number of benzene rings is 2. The number of amides is 2. The third-order valence-corrected chi connectivity index (χ3v) is 4.46. The van der Waals surface area contributed by atoms with Crippen molar-refractivity contribution in [2.45, 2.75) is 0 Å². The maximum absolute atomic E-state index is 12.0. The molecule has 3 rings (SSSR count). The van der Waals surface area contributed by atoms with Gasteiger partial charge in [0.05, 0.1) is 23.3 Å². The summed E-state index contributed by atoms with van der Waals surface area (Å²) in [7, 11) is 0. The highest BCUT2D eigenvalue weighted by atomic mass is 32.2. The molecule has 126 valence electrons. The number of rotatable bonds is 5. The molecule has 25 heavy (non-hydrogen) atoms. The number of ether oxygens (including phenoxy) is 1. The fourth-order valence-electron chi connectivity index (χ4n) is 2.25. The SMILES string of the molecule is N#Cc1ccc(Oc2ccc(NC(=O)CN3CSCC3=O)cc2)cc1. The molecule has 0 saturated carbocycles. The topological polar surface area (TPSA) is 82.4 Å². The summed E-state index contributed by atoms with van der Waals surface area (Å²) in [6.45, 7) is 0.0648. The quantitative estimate of drug-likeness (QED) is 0.894. The number of hydrogen-bond donors (Lipinski definition) is 1. The number of nitrogens with one attached hydrogen (secondary N) is 1. The first-order chi connectivity index (χ1) is 12.1. The van der Waals surface area contributed by atoms with Gasteiger partial charge in [-0.1, -0.05) is 0 Å². The number of anilines is 1. The minimum Gasteiger partial charge on any atom is -0.457 e. The van der Waals surface area contributed by atoms with Crippen LogP contribution in [0, 0.1) is 11.3 Å². The van der Waals surface area contributed by atoms with Gasteiger partial charge in [-0.2, -0.15) is 5.26 Å². The lowest BCUT2D eigenvalue weighted by Gasteiger charge is -2.14. The van der Waals surface area contributed by atoms with Crippen LogP contribution in [0.2, 0.25) is 0 Å². The number of carbonyl (C=O) groups excluding carboxylic acids is 2. The summed E-state index contributed by atoms with van der Waals surface area (Å²) in [5, 5.41) is 11.5. The molecule has 2 aromatic rings. The zero-order chi connectivity index (χ0) is 17.6. The summed E-state index contributed by atoms with van der Waals surface area (Å²) in [5.74, 6) is 2.01. The summed E-state index contributed by atoms with van der Waals surface area (Å²) in [6, 6.07) is 15.8. The second-order valence-corrected chi connectivity index (χ2v) is 6.34. The lowest BCUT2D eigenvalue weighted by Crippen LogP contribution is -2.34. The van der Waals surface area contributed by atoms with Crippen molar-refractivity contribution in [3.63, 3.8) is 0 Å². The molecule has 1 N–H and O–H groups in total. The van der Waals surface area contributed by atoms with Crippen molar-refractivity contribution < 1.29 is 14.3 Å². The monoisotopic (exact) mass is 353 g/mol. The normalized spacial score (nSPS) is 13.4. The average Bonchev–Trinajstić information content (AvgIpc) is 3.02. The van der Waals surface area contributed by atoms with Crippen LogP contribution in [0.5, 0.6) is 11.5 Å². The summed E-state index contributed by atoms with van der Waals surface area (Å²) in [4.78, 5) is 25.0. The Bertz CT molecular complexity index is 813. The van der Waals surface area contributed by atoms with Gasteiger partial charge in [-0.15, -0.1) is 11.8 Å². The number of thioether (sulfide) groups is 1. The molecule has 0 unspecified atom stereocenters. The highest BCUT2D eigenvalue weighted by Crippen LogP contribution is 2.23. The molecule has 0 spiro atoms. The van der Waals surface area contributed by atoms with E-state index in [1.165, 1.54) is 16.7 Å². The van der Waals surface area contributed by atoms with Crippen LogP contribution in [0.25, 0.3) is 0 Å². The smallest absolute Gasteiger partial charge is 0.244 e. The Hall–Kier alpha value is -2.98. The Morgan fingerprint density at radius 3 is 2.36 bits per heavy atom. The lowest BCUT2D eigenvalue weighted by atomic mass is 10.2. The molecule has 1 heterocycles. The summed E-state index contributed by atoms with van der Waals surface area (Å²) in [6.07, 6.45) is 0. The molecule has 0 aromatic heterocycles. The Balaban J connectivity index is 1.55. The Morgan fingerprint density at radius 2 is 1.80 bits per heavy atom. The van der Waals surface area contributed by atoms with E-state index in [-0.39, 0.29) is 18.4 Å². The van der Waals surface area contributed by atoms with Crippen molar-refractivity contribution in [2.24, 2.45) is 0 Å². The fraction of sp³-hybridized carbons (Fsp3) is 0.167. The zero-order valence-electron chi connectivity index (χ0n) is 13.3. The first-order valence-corrected chi connectivity index (χ1v) is 8.73. The van der Waals surface area contributed by atoms with Gasteiger partial charge in [0.15, 0.2) is 0 Å². The second kappa shape index (κ2) is 7.73. The van der Waals surface area contributed by atoms with Crippen molar-refractivity contribution in [3.05, 3.63) is 54.1 Å². The second-order valence-electron chi connectivity index (χ2n) is 5.38. The van der Waals surface area contributed by atoms with Crippen LogP contribution in [0.15, 0.2) is 48.5 Å². The van der Waals surface area contributed by atoms with E-state index in [2.05, 4.69) is 11.4 Å². The number of nitrogens with zero attached hydrogens (tertiary/aromatic N) is 2. The molecule has 1 fully saturated rings.